The summed E-state index contributed by atoms with van der Waals surface area (Å²) in [5.41, 5.74) is 4.31. The van der Waals surface area contributed by atoms with Crippen LogP contribution in [0.3, 0.4) is 0 Å². The molecule has 2 aliphatic heterocycles. The molecule has 1 amide bonds. The molecule has 1 fully saturated rings. The highest BCUT2D eigenvalue weighted by molar-refractivity contribution is 6.45. The largest absolute Gasteiger partial charge is 0.381 e. The lowest BCUT2D eigenvalue weighted by molar-refractivity contribution is -0.128. The molecular weight excluding hydrogens is 411 g/mol. The zero-order valence-electron chi connectivity index (χ0n) is 15.9. The third kappa shape index (κ3) is 3.33. The summed E-state index contributed by atoms with van der Waals surface area (Å²) in [6.07, 6.45) is 7.06. The van der Waals surface area contributed by atoms with Gasteiger partial charge in [-0.2, -0.15) is 5.10 Å². The number of benzene rings is 1. The number of aromatic nitrogens is 3. The van der Waals surface area contributed by atoms with Crippen LogP contribution in [-0.2, 0) is 22.5 Å². The van der Waals surface area contributed by atoms with Gasteiger partial charge in [0.25, 0.3) is 0 Å². The van der Waals surface area contributed by atoms with Gasteiger partial charge in [0.15, 0.2) is 0 Å². The van der Waals surface area contributed by atoms with Gasteiger partial charge in [0.05, 0.1) is 21.8 Å². The minimum atomic E-state index is 0.0473. The molecule has 8 heteroatoms. The molecule has 0 bridgehead atoms. The van der Waals surface area contributed by atoms with Gasteiger partial charge in [0, 0.05) is 60.1 Å². The standard InChI is InChI=1S/C21H22Cl2N4O2/c22-16-3-2-15-18(13-9-24-25-10-13)17-4-1-14(11-27(17)20(15)19(16)23)26-21(28)12-5-7-29-8-6-12/h2-3,9-10,12,14H,1,4-8,11H2,(H,24,25)(H,26,28). The van der Waals surface area contributed by atoms with Crippen molar-refractivity contribution >= 4 is 40.0 Å². The minimum Gasteiger partial charge on any atom is -0.381 e. The van der Waals surface area contributed by atoms with Gasteiger partial charge in [0.2, 0.25) is 5.91 Å². The molecule has 0 spiro atoms. The van der Waals surface area contributed by atoms with Crippen molar-refractivity contribution in [1.29, 1.82) is 0 Å². The lowest BCUT2D eigenvalue weighted by Crippen LogP contribution is -2.44. The number of H-pyrrole nitrogens is 1. The highest BCUT2D eigenvalue weighted by Gasteiger charge is 2.30. The lowest BCUT2D eigenvalue weighted by atomic mass is 9.96. The number of ether oxygens (including phenoxy) is 1. The van der Waals surface area contributed by atoms with E-state index in [1.54, 1.807) is 0 Å². The molecule has 0 radical (unpaired) electrons. The number of hydrogen-bond donors (Lipinski definition) is 2. The average molecular weight is 433 g/mol. The van der Waals surface area contributed by atoms with Crippen LogP contribution in [0.15, 0.2) is 24.5 Å². The van der Waals surface area contributed by atoms with Crippen molar-refractivity contribution in [3.05, 3.63) is 40.3 Å². The summed E-state index contributed by atoms with van der Waals surface area (Å²) < 4.78 is 7.60. The van der Waals surface area contributed by atoms with Gasteiger partial charge in [-0.3, -0.25) is 9.89 Å². The molecule has 29 heavy (non-hydrogen) atoms. The van der Waals surface area contributed by atoms with E-state index in [0.717, 1.165) is 47.7 Å². The minimum absolute atomic E-state index is 0.0473. The molecule has 1 unspecified atom stereocenters. The van der Waals surface area contributed by atoms with Crippen molar-refractivity contribution < 1.29 is 9.53 Å². The second-order valence-corrected chi connectivity index (χ2v) is 8.59. The Morgan fingerprint density at radius 2 is 2.07 bits per heavy atom. The lowest BCUT2D eigenvalue weighted by Gasteiger charge is -2.29. The van der Waals surface area contributed by atoms with Crippen LogP contribution in [0.1, 0.15) is 25.0 Å². The zero-order chi connectivity index (χ0) is 20.0. The summed E-state index contributed by atoms with van der Waals surface area (Å²) >= 11 is 13.0. The van der Waals surface area contributed by atoms with Crippen molar-refractivity contribution in [3.63, 3.8) is 0 Å². The fourth-order valence-electron chi connectivity index (χ4n) is 4.62. The molecule has 5 rings (SSSR count). The van der Waals surface area contributed by atoms with Crippen molar-refractivity contribution in [3.8, 4) is 11.1 Å². The molecule has 2 aromatic heterocycles. The number of nitrogens with zero attached hydrogens (tertiary/aromatic N) is 2. The maximum atomic E-state index is 12.7. The van der Waals surface area contributed by atoms with Crippen LogP contribution in [0.5, 0.6) is 0 Å². The Hall–Kier alpha value is -2.02. The predicted octanol–water partition coefficient (Wildman–Crippen LogP) is 4.20. The Kier molecular flexibility index (Phi) is 5.02. The van der Waals surface area contributed by atoms with Crippen LogP contribution in [0.25, 0.3) is 22.0 Å². The second kappa shape index (κ2) is 7.67. The van der Waals surface area contributed by atoms with Gasteiger partial charge in [0.1, 0.15) is 0 Å². The highest BCUT2D eigenvalue weighted by Crippen LogP contribution is 2.42. The van der Waals surface area contributed by atoms with Crippen molar-refractivity contribution in [2.45, 2.75) is 38.3 Å². The highest BCUT2D eigenvalue weighted by atomic mass is 35.5. The quantitative estimate of drug-likeness (QED) is 0.651. The molecule has 3 aromatic rings. The van der Waals surface area contributed by atoms with Crippen LogP contribution < -0.4 is 5.32 Å². The molecule has 1 saturated heterocycles. The molecule has 2 aliphatic rings. The van der Waals surface area contributed by atoms with Crippen molar-refractivity contribution in [2.75, 3.05) is 13.2 Å². The smallest absolute Gasteiger partial charge is 0.223 e. The summed E-state index contributed by atoms with van der Waals surface area (Å²) in [6, 6.07) is 3.93. The molecular formula is C21H22Cl2N4O2. The third-order valence-corrected chi connectivity index (χ3v) is 6.87. The Morgan fingerprint density at radius 3 is 2.83 bits per heavy atom. The number of rotatable bonds is 3. The van der Waals surface area contributed by atoms with Gasteiger partial charge < -0.3 is 14.6 Å². The number of carbonyl (C=O) groups excluding carboxylic acids is 1. The molecule has 1 aromatic carbocycles. The van der Waals surface area contributed by atoms with E-state index in [0.29, 0.717) is 29.8 Å². The fourth-order valence-corrected chi connectivity index (χ4v) is 5.04. The van der Waals surface area contributed by atoms with E-state index in [1.165, 1.54) is 5.69 Å². The first kappa shape index (κ1) is 19.0. The maximum absolute atomic E-state index is 12.7. The number of carbonyl (C=O) groups is 1. The number of halogens is 2. The van der Waals surface area contributed by atoms with Crippen LogP contribution in [0.2, 0.25) is 10.0 Å². The molecule has 0 saturated carbocycles. The molecule has 1 atom stereocenters. The summed E-state index contributed by atoms with van der Waals surface area (Å²) in [4.78, 5) is 12.7. The second-order valence-electron chi connectivity index (χ2n) is 7.81. The fraction of sp³-hybridized carbons (Fsp3) is 0.429. The van der Waals surface area contributed by atoms with E-state index in [9.17, 15) is 4.79 Å². The Bertz CT molecular complexity index is 1050. The zero-order valence-corrected chi connectivity index (χ0v) is 17.4. The van der Waals surface area contributed by atoms with Crippen LogP contribution in [0.4, 0.5) is 0 Å². The van der Waals surface area contributed by atoms with Gasteiger partial charge in [-0.15, -0.1) is 0 Å². The summed E-state index contributed by atoms with van der Waals surface area (Å²) in [5.74, 6) is 0.184. The SMILES string of the molecule is O=C(NC1CCc2c(-c3cn[nH]c3)c3ccc(Cl)c(Cl)c3n2C1)C1CCOCC1. The topological polar surface area (TPSA) is 71.9 Å². The first-order valence-electron chi connectivity index (χ1n) is 10.00. The first-order valence-corrected chi connectivity index (χ1v) is 10.8. The van der Waals surface area contributed by atoms with Crippen molar-refractivity contribution in [2.24, 2.45) is 5.92 Å². The third-order valence-electron chi connectivity index (χ3n) is 6.08. The first-order chi connectivity index (χ1) is 14.1. The molecule has 2 N–H and O–H groups in total. The van der Waals surface area contributed by atoms with E-state index < -0.39 is 0 Å². The maximum Gasteiger partial charge on any atom is 0.223 e. The molecule has 152 valence electrons. The molecule has 0 aliphatic carbocycles. The van der Waals surface area contributed by atoms with Crippen LogP contribution in [0, 0.1) is 5.92 Å². The Labute approximate surface area is 178 Å². The molecule has 6 nitrogen and oxygen atoms in total. The summed E-state index contributed by atoms with van der Waals surface area (Å²) in [7, 11) is 0. The van der Waals surface area contributed by atoms with Gasteiger partial charge >= 0.3 is 0 Å². The van der Waals surface area contributed by atoms with Crippen LogP contribution in [-0.4, -0.2) is 39.9 Å². The van der Waals surface area contributed by atoms with Crippen LogP contribution >= 0.6 is 23.2 Å². The number of amides is 1. The van der Waals surface area contributed by atoms with Gasteiger partial charge in [-0.05, 0) is 31.7 Å². The Balaban J connectivity index is 1.51. The number of aromatic amines is 1. The van der Waals surface area contributed by atoms with E-state index in [4.69, 9.17) is 27.9 Å². The monoisotopic (exact) mass is 432 g/mol. The number of hydrogen-bond acceptors (Lipinski definition) is 3. The van der Waals surface area contributed by atoms with E-state index in [-0.39, 0.29) is 17.9 Å². The van der Waals surface area contributed by atoms with Crippen molar-refractivity contribution in [1.82, 2.24) is 20.1 Å². The predicted molar refractivity (Wildman–Crippen MR) is 113 cm³/mol. The average Bonchev–Trinajstić information content (AvgIpc) is 3.37. The van der Waals surface area contributed by atoms with E-state index in [2.05, 4.69) is 20.1 Å². The van der Waals surface area contributed by atoms with E-state index in [1.807, 2.05) is 24.5 Å². The summed E-state index contributed by atoms with van der Waals surface area (Å²) in [6.45, 7) is 2.01. The van der Waals surface area contributed by atoms with Gasteiger partial charge in [-0.25, -0.2) is 0 Å². The summed E-state index contributed by atoms with van der Waals surface area (Å²) in [5, 5.41) is 12.4. The van der Waals surface area contributed by atoms with E-state index >= 15 is 0 Å². The number of fused-ring (bicyclic) bond motifs is 3. The Morgan fingerprint density at radius 1 is 1.24 bits per heavy atom. The normalized spacial score (nSPS) is 20.0. The van der Waals surface area contributed by atoms with Gasteiger partial charge in [-0.1, -0.05) is 29.3 Å². The number of nitrogens with one attached hydrogen (secondary N) is 2. The molecule has 4 heterocycles.